The first kappa shape index (κ1) is 10.7. The van der Waals surface area contributed by atoms with E-state index in [1.165, 1.54) is 0 Å². The van der Waals surface area contributed by atoms with E-state index in [1.54, 1.807) is 18.6 Å². The molecule has 1 aromatic carbocycles. The van der Waals surface area contributed by atoms with Gasteiger partial charge in [-0.3, -0.25) is 4.68 Å². The molecular weight excluding hydrogens is 224 g/mol. The lowest BCUT2D eigenvalue weighted by Crippen LogP contribution is -1.94. The number of hydrogen-bond acceptors (Lipinski definition) is 3. The minimum atomic E-state index is 0.738. The summed E-state index contributed by atoms with van der Waals surface area (Å²) in [6, 6.07) is 12.0. The Hall–Kier alpha value is -2.49. The van der Waals surface area contributed by atoms with Gasteiger partial charge in [-0.2, -0.15) is 5.10 Å². The maximum atomic E-state index is 4.26. The molecule has 0 radical (unpaired) electrons. The highest BCUT2D eigenvalue weighted by Gasteiger charge is 2.05. The molecule has 0 unspecified atom stereocenters. The van der Waals surface area contributed by atoms with Crippen molar-refractivity contribution in [1.82, 2.24) is 19.7 Å². The summed E-state index contributed by atoms with van der Waals surface area (Å²) in [4.78, 5) is 8.52. The Bertz CT molecular complexity index is 658. The summed E-state index contributed by atoms with van der Waals surface area (Å²) in [5, 5.41) is 4.18. The molecule has 0 saturated heterocycles. The van der Waals surface area contributed by atoms with Crippen LogP contribution in [0.2, 0.25) is 0 Å². The molecule has 4 heteroatoms. The highest BCUT2D eigenvalue weighted by Crippen LogP contribution is 2.23. The molecule has 3 rings (SSSR count). The number of nitrogens with zero attached hydrogens (tertiary/aromatic N) is 4. The largest absolute Gasteiger partial charge is 0.268 e. The lowest BCUT2D eigenvalue weighted by atomic mass is 10.1. The topological polar surface area (TPSA) is 43.6 Å². The van der Waals surface area contributed by atoms with Gasteiger partial charge in [-0.15, -0.1) is 0 Å². The summed E-state index contributed by atoms with van der Waals surface area (Å²) in [6.45, 7) is 0. The second-order valence-electron chi connectivity index (χ2n) is 3.99. The van der Waals surface area contributed by atoms with Gasteiger partial charge < -0.3 is 0 Å². The predicted molar refractivity (Wildman–Crippen MR) is 69.7 cm³/mol. The molecule has 0 amide bonds. The zero-order valence-electron chi connectivity index (χ0n) is 9.99. The van der Waals surface area contributed by atoms with Crippen molar-refractivity contribution < 1.29 is 0 Å². The molecule has 0 aliphatic carbocycles. The van der Waals surface area contributed by atoms with Crippen LogP contribution in [0, 0.1) is 0 Å². The quantitative estimate of drug-likeness (QED) is 0.686. The summed E-state index contributed by atoms with van der Waals surface area (Å²) < 4.78 is 1.85. The van der Waals surface area contributed by atoms with Crippen molar-refractivity contribution in [3.05, 3.63) is 55.0 Å². The van der Waals surface area contributed by atoms with Gasteiger partial charge >= 0.3 is 0 Å². The number of hydrogen-bond donors (Lipinski definition) is 0. The first-order valence-corrected chi connectivity index (χ1v) is 5.70. The number of rotatable bonds is 2. The summed E-state index contributed by atoms with van der Waals surface area (Å²) in [5.41, 5.74) is 3.20. The van der Waals surface area contributed by atoms with Gasteiger partial charge in [0.15, 0.2) is 5.82 Å². The van der Waals surface area contributed by atoms with Gasteiger partial charge in [-0.05, 0) is 18.2 Å². The number of aryl methyl sites for hydroxylation is 1. The summed E-state index contributed by atoms with van der Waals surface area (Å²) in [5.74, 6) is 0.738. The predicted octanol–water partition coefficient (Wildman–Crippen LogP) is 2.54. The molecule has 88 valence electrons. The molecule has 2 heterocycles. The van der Waals surface area contributed by atoms with E-state index in [4.69, 9.17) is 0 Å². The first-order valence-electron chi connectivity index (χ1n) is 5.70. The molecular formula is C14H12N4. The normalized spacial score (nSPS) is 10.5. The molecule has 0 spiro atoms. The van der Waals surface area contributed by atoms with Gasteiger partial charge in [0.1, 0.15) is 0 Å². The van der Waals surface area contributed by atoms with E-state index in [0.29, 0.717) is 0 Å². The van der Waals surface area contributed by atoms with E-state index in [1.807, 2.05) is 36.0 Å². The molecule has 0 fully saturated rings. The Morgan fingerprint density at radius 3 is 2.39 bits per heavy atom. The van der Waals surface area contributed by atoms with Crippen LogP contribution in [0.15, 0.2) is 55.0 Å². The maximum Gasteiger partial charge on any atom is 0.159 e. The van der Waals surface area contributed by atoms with E-state index in [0.717, 1.165) is 22.6 Å². The number of benzene rings is 1. The van der Waals surface area contributed by atoms with Crippen LogP contribution in [0.4, 0.5) is 0 Å². The van der Waals surface area contributed by atoms with E-state index < -0.39 is 0 Å². The fraction of sp³-hybridized carbons (Fsp3) is 0.0714. The van der Waals surface area contributed by atoms with Crippen LogP contribution in [0.3, 0.4) is 0 Å². The lowest BCUT2D eigenvalue weighted by molar-refractivity contribution is 0.776. The Kier molecular flexibility index (Phi) is 2.61. The third kappa shape index (κ3) is 1.88. The van der Waals surface area contributed by atoms with Gasteiger partial charge in [-0.25, -0.2) is 9.97 Å². The molecule has 0 aliphatic rings. The van der Waals surface area contributed by atoms with Crippen molar-refractivity contribution in [2.24, 2.45) is 7.05 Å². The van der Waals surface area contributed by atoms with Crippen LogP contribution in [0.5, 0.6) is 0 Å². The second-order valence-corrected chi connectivity index (χ2v) is 3.99. The Balaban J connectivity index is 2.08. The van der Waals surface area contributed by atoms with Crippen molar-refractivity contribution in [1.29, 1.82) is 0 Å². The average molecular weight is 236 g/mol. The fourth-order valence-electron chi connectivity index (χ4n) is 1.92. The van der Waals surface area contributed by atoms with Crippen molar-refractivity contribution in [3.8, 4) is 22.6 Å². The van der Waals surface area contributed by atoms with Crippen molar-refractivity contribution in [2.75, 3.05) is 0 Å². The number of aromatic nitrogens is 4. The van der Waals surface area contributed by atoms with Crippen LogP contribution in [0.25, 0.3) is 22.6 Å². The van der Waals surface area contributed by atoms with Crippen LogP contribution >= 0.6 is 0 Å². The van der Waals surface area contributed by atoms with Gasteiger partial charge in [0.05, 0.1) is 5.69 Å². The highest BCUT2D eigenvalue weighted by atomic mass is 15.3. The maximum absolute atomic E-state index is 4.26. The van der Waals surface area contributed by atoms with Gasteiger partial charge in [0.2, 0.25) is 0 Å². The SMILES string of the molecule is Cn1nccc1-c1cccc(-c2ncccn2)c1. The molecule has 4 nitrogen and oxygen atoms in total. The van der Waals surface area contributed by atoms with Crippen LogP contribution in [0.1, 0.15) is 0 Å². The molecule has 18 heavy (non-hydrogen) atoms. The molecule has 3 aromatic rings. The third-order valence-corrected chi connectivity index (χ3v) is 2.80. The Labute approximate surface area is 105 Å². The Morgan fingerprint density at radius 1 is 0.889 bits per heavy atom. The van der Waals surface area contributed by atoms with Crippen LogP contribution < -0.4 is 0 Å². The highest BCUT2D eigenvalue weighted by molar-refractivity contribution is 5.67. The summed E-state index contributed by atoms with van der Waals surface area (Å²) in [7, 11) is 1.93. The standard InChI is InChI=1S/C14H12N4/c1-18-13(6-9-17-18)11-4-2-5-12(10-11)14-15-7-3-8-16-14/h2-10H,1H3. The van der Waals surface area contributed by atoms with Gasteiger partial charge in [-0.1, -0.05) is 18.2 Å². The smallest absolute Gasteiger partial charge is 0.159 e. The zero-order chi connectivity index (χ0) is 12.4. The van der Waals surface area contributed by atoms with Gasteiger partial charge in [0.25, 0.3) is 0 Å². The minimum absolute atomic E-state index is 0.738. The van der Waals surface area contributed by atoms with Crippen molar-refractivity contribution in [3.63, 3.8) is 0 Å². The fourth-order valence-corrected chi connectivity index (χ4v) is 1.92. The van der Waals surface area contributed by atoms with Crippen molar-refractivity contribution >= 4 is 0 Å². The van der Waals surface area contributed by atoms with Crippen LogP contribution in [-0.2, 0) is 7.05 Å². The zero-order valence-corrected chi connectivity index (χ0v) is 9.99. The van der Waals surface area contributed by atoms with Gasteiger partial charge in [0, 0.05) is 36.8 Å². The van der Waals surface area contributed by atoms with E-state index in [2.05, 4.69) is 27.2 Å². The second kappa shape index (κ2) is 4.41. The summed E-state index contributed by atoms with van der Waals surface area (Å²) >= 11 is 0. The van der Waals surface area contributed by atoms with Crippen molar-refractivity contribution in [2.45, 2.75) is 0 Å². The molecule has 0 bridgehead atoms. The van der Waals surface area contributed by atoms with E-state index in [-0.39, 0.29) is 0 Å². The average Bonchev–Trinajstić information content (AvgIpc) is 2.86. The van der Waals surface area contributed by atoms with E-state index in [9.17, 15) is 0 Å². The molecule has 0 N–H and O–H groups in total. The molecule has 0 atom stereocenters. The Morgan fingerprint density at radius 2 is 1.67 bits per heavy atom. The monoisotopic (exact) mass is 236 g/mol. The first-order chi connectivity index (χ1) is 8.84. The molecule has 0 aliphatic heterocycles. The summed E-state index contributed by atoms with van der Waals surface area (Å²) in [6.07, 6.45) is 5.29. The minimum Gasteiger partial charge on any atom is -0.268 e. The van der Waals surface area contributed by atoms with Crippen LogP contribution in [-0.4, -0.2) is 19.7 Å². The molecule has 0 saturated carbocycles. The third-order valence-electron chi connectivity index (χ3n) is 2.80. The molecule has 2 aromatic heterocycles. The lowest BCUT2D eigenvalue weighted by Gasteiger charge is -2.04. The van der Waals surface area contributed by atoms with E-state index >= 15 is 0 Å².